The number of amides is 1. The molecule has 0 radical (unpaired) electrons. The lowest BCUT2D eigenvalue weighted by molar-refractivity contribution is -0.131. The number of nitrogens with zero attached hydrogens (tertiary/aromatic N) is 1. The molecule has 4 heteroatoms. The zero-order valence-electron chi connectivity index (χ0n) is 10.6. The van der Waals surface area contributed by atoms with Crippen LogP contribution in [0, 0.1) is 0 Å². The van der Waals surface area contributed by atoms with Crippen LogP contribution in [0.25, 0.3) is 0 Å². The summed E-state index contributed by atoms with van der Waals surface area (Å²) < 4.78 is 0. The van der Waals surface area contributed by atoms with Crippen LogP contribution in [0.1, 0.15) is 16.0 Å². The summed E-state index contributed by atoms with van der Waals surface area (Å²) in [5.41, 5.74) is 8.71. The van der Waals surface area contributed by atoms with Crippen LogP contribution in [0.4, 0.5) is 5.69 Å². The third-order valence-electron chi connectivity index (χ3n) is 3.50. The van der Waals surface area contributed by atoms with Crippen LogP contribution < -0.4 is 5.73 Å². The molecule has 1 aromatic heterocycles. The van der Waals surface area contributed by atoms with Crippen molar-refractivity contribution in [3.63, 3.8) is 0 Å². The van der Waals surface area contributed by atoms with Crippen LogP contribution in [0.3, 0.4) is 0 Å². The minimum atomic E-state index is 0.196. The molecule has 0 saturated carbocycles. The van der Waals surface area contributed by atoms with Crippen molar-refractivity contribution in [3.8, 4) is 0 Å². The molecule has 0 saturated heterocycles. The minimum Gasteiger partial charge on any atom is -0.399 e. The van der Waals surface area contributed by atoms with Gasteiger partial charge in [0.1, 0.15) is 0 Å². The first-order valence-corrected chi connectivity index (χ1v) is 7.28. The highest BCUT2D eigenvalue weighted by molar-refractivity contribution is 7.10. The summed E-state index contributed by atoms with van der Waals surface area (Å²) in [6.07, 6.45) is 1.44. The van der Waals surface area contributed by atoms with Crippen LogP contribution >= 0.6 is 11.3 Å². The Kier molecular flexibility index (Phi) is 3.25. The van der Waals surface area contributed by atoms with Crippen LogP contribution in [0.2, 0.25) is 0 Å². The van der Waals surface area contributed by atoms with E-state index in [9.17, 15) is 4.79 Å². The molecule has 0 spiro atoms. The second-order valence-corrected chi connectivity index (χ2v) is 5.85. The second kappa shape index (κ2) is 5.05. The SMILES string of the molecule is Nc1ccc(CC(=O)N2CCc3sccc3C2)cc1. The van der Waals surface area contributed by atoms with E-state index in [1.165, 1.54) is 10.4 Å². The Morgan fingerprint density at radius 1 is 1.26 bits per heavy atom. The lowest BCUT2D eigenvalue weighted by Crippen LogP contribution is -2.36. The maximum atomic E-state index is 12.3. The molecule has 2 N–H and O–H groups in total. The highest BCUT2D eigenvalue weighted by Gasteiger charge is 2.21. The first-order chi connectivity index (χ1) is 9.22. The standard InChI is InChI=1S/C15H16N2OS/c16-13-3-1-11(2-4-13)9-15(18)17-7-5-14-12(10-17)6-8-19-14/h1-4,6,8H,5,7,9-10,16H2. The predicted octanol–water partition coefficient (Wildman–Crippen LogP) is 2.46. The summed E-state index contributed by atoms with van der Waals surface area (Å²) in [5, 5.41) is 2.11. The quantitative estimate of drug-likeness (QED) is 0.854. The number of carbonyl (C=O) groups excluding carboxylic acids is 1. The Morgan fingerprint density at radius 3 is 2.84 bits per heavy atom. The van der Waals surface area contributed by atoms with Crippen molar-refractivity contribution in [2.75, 3.05) is 12.3 Å². The summed E-state index contributed by atoms with van der Waals surface area (Å²) in [6.45, 7) is 1.59. The number of hydrogen-bond donors (Lipinski definition) is 1. The van der Waals surface area contributed by atoms with E-state index in [1.54, 1.807) is 11.3 Å². The Balaban J connectivity index is 1.67. The molecule has 2 heterocycles. The van der Waals surface area contributed by atoms with Gasteiger partial charge >= 0.3 is 0 Å². The van der Waals surface area contributed by atoms with Gasteiger partial charge in [0.05, 0.1) is 6.42 Å². The molecule has 98 valence electrons. The van der Waals surface area contributed by atoms with Gasteiger partial charge in [-0.25, -0.2) is 0 Å². The van der Waals surface area contributed by atoms with Gasteiger partial charge in [-0.15, -0.1) is 11.3 Å². The summed E-state index contributed by atoms with van der Waals surface area (Å²) >= 11 is 1.79. The topological polar surface area (TPSA) is 46.3 Å². The highest BCUT2D eigenvalue weighted by atomic mass is 32.1. The fourth-order valence-corrected chi connectivity index (χ4v) is 3.27. The van der Waals surface area contributed by atoms with Gasteiger partial charge in [0, 0.05) is 23.7 Å². The number of rotatable bonds is 2. The van der Waals surface area contributed by atoms with Gasteiger partial charge < -0.3 is 10.6 Å². The first-order valence-electron chi connectivity index (χ1n) is 6.40. The number of fused-ring (bicyclic) bond motifs is 1. The smallest absolute Gasteiger partial charge is 0.227 e. The minimum absolute atomic E-state index is 0.196. The lowest BCUT2D eigenvalue weighted by Gasteiger charge is -2.27. The van der Waals surface area contributed by atoms with Gasteiger partial charge in [-0.05, 0) is 41.1 Å². The van der Waals surface area contributed by atoms with Crippen LogP contribution in [-0.2, 0) is 24.2 Å². The van der Waals surface area contributed by atoms with Gasteiger partial charge in [-0.3, -0.25) is 4.79 Å². The number of carbonyl (C=O) groups is 1. The van der Waals surface area contributed by atoms with E-state index >= 15 is 0 Å². The van der Waals surface area contributed by atoms with E-state index in [4.69, 9.17) is 5.73 Å². The summed E-state index contributed by atoms with van der Waals surface area (Å²) in [5.74, 6) is 0.196. The molecular formula is C15H16N2OS. The molecule has 3 nitrogen and oxygen atoms in total. The number of nitrogen functional groups attached to an aromatic ring is 1. The Hall–Kier alpha value is -1.81. The summed E-state index contributed by atoms with van der Waals surface area (Å²) in [4.78, 5) is 15.7. The number of nitrogens with two attached hydrogens (primary N) is 1. The van der Waals surface area contributed by atoms with E-state index in [2.05, 4.69) is 11.4 Å². The first kappa shape index (κ1) is 12.2. The van der Waals surface area contributed by atoms with Crippen LogP contribution in [0.5, 0.6) is 0 Å². The van der Waals surface area contributed by atoms with E-state index in [1.807, 2.05) is 29.2 Å². The molecule has 19 heavy (non-hydrogen) atoms. The van der Waals surface area contributed by atoms with Gasteiger partial charge in [0.2, 0.25) is 5.91 Å². The maximum Gasteiger partial charge on any atom is 0.227 e. The normalized spacial score (nSPS) is 14.2. The van der Waals surface area contributed by atoms with Crippen molar-refractivity contribution < 1.29 is 4.79 Å². The third kappa shape index (κ3) is 2.63. The van der Waals surface area contributed by atoms with Crippen molar-refractivity contribution in [3.05, 3.63) is 51.7 Å². The number of anilines is 1. The van der Waals surface area contributed by atoms with Gasteiger partial charge in [-0.1, -0.05) is 12.1 Å². The highest BCUT2D eigenvalue weighted by Crippen LogP contribution is 2.24. The van der Waals surface area contributed by atoms with E-state index in [0.717, 1.165) is 30.8 Å². The van der Waals surface area contributed by atoms with Crippen molar-refractivity contribution in [1.82, 2.24) is 4.90 Å². The molecule has 0 aliphatic carbocycles. The zero-order valence-corrected chi connectivity index (χ0v) is 11.5. The van der Waals surface area contributed by atoms with E-state index < -0.39 is 0 Å². The number of thiophene rings is 1. The second-order valence-electron chi connectivity index (χ2n) is 4.85. The van der Waals surface area contributed by atoms with E-state index in [-0.39, 0.29) is 5.91 Å². The van der Waals surface area contributed by atoms with Crippen LogP contribution in [0.15, 0.2) is 35.7 Å². The molecule has 0 fully saturated rings. The molecule has 0 unspecified atom stereocenters. The predicted molar refractivity (Wildman–Crippen MR) is 78.0 cm³/mol. The fourth-order valence-electron chi connectivity index (χ4n) is 2.38. The van der Waals surface area contributed by atoms with Crippen molar-refractivity contribution in [1.29, 1.82) is 0 Å². The molecule has 2 aromatic rings. The monoisotopic (exact) mass is 272 g/mol. The molecule has 1 aliphatic rings. The van der Waals surface area contributed by atoms with Crippen molar-refractivity contribution in [2.45, 2.75) is 19.4 Å². The third-order valence-corrected chi connectivity index (χ3v) is 4.52. The molecule has 0 bridgehead atoms. The largest absolute Gasteiger partial charge is 0.399 e. The van der Waals surface area contributed by atoms with E-state index in [0.29, 0.717) is 6.42 Å². The van der Waals surface area contributed by atoms with Gasteiger partial charge in [0.15, 0.2) is 0 Å². The summed E-state index contributed by atoms with van der Waals surface area (Å²) in [7, 11) is 0. The zero-order chi connectivity index (χ0) is 13.2. The fraction of sp³-hybridized carbons (Fsp3) is 0.267. The molecule has 1 aliphatic heterocycles. The van der Waals surface area contributed by atoms with Crippen molar-refractivity contribution in [2.24, 2.45) is 0 Å². The Bertz CT molecular complexity index is 588. The number of benzene rings is 1. The average Bonchev–Trinajstić information content (AvgIpc) is 2.88. The lowest BCUT2D eigenvalue weighted by atomic mass is 10.1. The maximum absolute atomic E-state index is 12.3. The van der Waals surface area contributed by atoms with Gasteiger partial charge in [-0.2, -0.15) is 0 Å². The number of hydrogen-bond acceptors (Lipinski definition) is 3. The Morgan fingerprint density at radius 2 is 2.05 bits per heavy atom. The molecule has 0 atom stereocenters. The Labute approximate surface area is 116 Å². The average molecular weight is 272 g/mol. The van der Waals surface area contributed by atoms with Crippen molar-refractivity contribution >= 4 is 22.9 Å². The van der Waals surface area contributed by atoms with Gasteiger partial charge in [0.25, 0.3) is 0 Å². The summed E-state index contributed by atoms with van der Waals surface area (Å²) in [6, 6.07) is 9.66. The van der Waals surface area contributed by atoms with Crippen LogP contribution in [-0.4, -0.2) is 17.4 Å². The molecule has 3 rings (SSSR count). The molecule has 1 amide bonds. The molecular weight excluding hydrogens is 256 g/mol. The molecule has 1 aromatic carbocycles.